The molecule has 0 bridgehead atoms. The van der Waals surface area contributed by atoms with E-state index < -0.39 is 6.29 Å². The van der Waals surface area contributed by atoms with Crippen LogP contribution in [0.4, 0.5) is 0 Å². The lowest BCUT2D eigenvalue weighted by Crippen LogP contribution is -2.45. The highest BCUT2D eigenvalue weighted by molar-refractivity contribution is 5.94. The number of carbonyl (C=O) groups excluding carboxylic acids is 1. The summed E-state index contributed by atoms with van der Waals surface area (Å²) in [6.07, 6.45) is 0.0784. The highest BCUT2D eigenvalue weighted by Crippen LogP contribution is 2.43. The number of amides is 1. The molecule has 8 nitrogen and oxygen atoms in total. The Bertz CT molecular complexity index is 1960. The van der Waals surface area contributed by atoms with Crippen molar-refractivity contribution in [3.05, 3.63) is 154 Å². The maximum Gasteiger partial charge on any atom is 0.251 e. The zero-order valence-electron chi connectivity index (χ0n) is 30.0. The largest absolute Gasteiger partial charge is 0.493 e. The quantitative estimate of drug-likeness (QED) is 0.147. The first kappa shape index (κ1) is 35.4. The van der Waals surface area contributed by atoms with Crippen molar-refractivity contribution in [1.29, 1.82) is 0 Å². The summed E-state index contributed by atoms with van der Waals surface area (Å²) >= 11 is 0. The molecule has 2 aliphatic rings. The van der Waals surface area contributed by atoms with Crippen molar-refractivity contribution in [2.45, 2.75) is 51.5 Å². The average Bonchev–Trinajstić information content (AvgIpc) is 3.20. The van der Waals surface area contributed by atoms with Gasteiger partial charge < -0.3 is 29.4 Å². The molecule has 0 saturated carbocycles. The Morgan fingerprint density at radius 2 is 1.50 bits per heavy atom. The van der Waals surface area contributed by atoms with Crippen LogP contribution in [0.3, 0.4) is 0 Å². The van der Waals surface area contributed by atoms with E-state index >= 15 is 0 Å². The van der Waals surface area contributed by atoms with Crippen LogP contribution in [0.15, 0.2) is 115 Å². The van der Waals surface area contributed by atoms with Crippen molar-refractivity contribution in [3.63, 3.8) is 0 Å². The number of hydrogen-bond acceptors (Lipinski definition) is 7. The van der Waals surface area contributed by atoms with Crippen LogP contribution < -0.4 is 14.8 Å². The Hall–Kier alpha value is -4.99. The number of ether oxygens (including phenoxy) is 4. The Morgan fingerprint density at radius 3 is 2.21 bits per heavy atom. The van der Waals surface area contributed by atoms with E-state index in [0.717, 1.165) is 70.9 Å². The molecular formula is C44H46N2O6. The molecule has 2 N–H and O–H groups in total. The van der Waals surface area contributed by atoms with Gasteiger partial charge in [0.15, 0.2) is 17.8 Å². The molecule has 5 aromatic carbocycles. The Morgan fingerprint density at radius 1 is 0.788 bits per heavy atom. The van der Waals surface area contributed by atoms with Crippen molar-refractivity contribution in [2.75, 3.05) is 27.3 Å². The summed E-state index contributed by atoms with van der Waals surface area (Å²) in [7, 11) is 3.35. The molecule has 0 spiro atoms. The normalized spacial score (nSPS) is 20.2. The second-order valence-electron chi connectivity index (χ2n) is 13.7. The van der Waals surface area contributed by atoms with E-state index in [1.165, 1.54) is 11.1 Å². The van der Waals surface area contributed by atoms with Gasteiger partial charge in [-0.25, -0.2) is 0 Å². The Labute approximate surface area is 305 Å². The Kier molecular flexibility index (Phi) is 11.0. The molecule has 0 radical (unpaired) electrons. The van der Waals surface area contributed by atoms with E-state index in [4.69, 9.17) is 18.9 Å². The highest BCUT2D eigenvalue weighted by atomic mass is 16.7. The van der Waals surface area contributed by atoms with Gasteiger partial charge in [-0.3, -0.25) is 9.69 Å². The fourth-order valence-electron chi connectivity index (χ4n) is 7.25. The van der Waals surface area contributed by atoms with E-state index in [2.05, 4.69) is 77.8 Å². The van der Waals surface area contributed by atoms with Gasteiger partial charge >= 0.3 is 0 Å². The fraction of sp³-hybridized carbons (Fsp3) is 0.295. The van der Waals surface area contributed by atoms with Crippen LogP contribution in [0.25, 0.3) is 11.1 Å². The minimum absolute atomic E-state index is 0.000390. The van der Waals surface area contributed by atoms with Gasteiger partial charge in [-0.1, -0.05) is 91.9 Å². The van der Waals surface area contributed by atoms with Gasteiger partial charge in [-0.15, -0.1) is 0 Å². The summed E-state index contributed by atoms with van der Waals surface area (Å²) in [5, 5.41) is 12.7. The molecular weight excluding hydrogens is 652 g/mol. The minimum atomic E-state index is -0.557. The van der Waals surface area contributed by atoms with Crippen LogP contribution in [0.5, 0.6) is 11.5 Å². The van der Waals surface area contributed by atoms with Crippen LogP contribution in [-0.4, -0.2) is 49.3 Å². The topological polar surface area (TPSA) is 89.5 Å². The number of methoxy groups -OCH3 is 2. The van der Waals surface area contributed by atoms with Crippen molar-refractivity contribution < 1.29 is 28.8 Å². The maximum absolute atomic E-state index is 12.6. The van der Waals surface area contributed by atoms with Crippen LogP contribution in [0.2, 0.25) is 0 Å². The molecule has 0 aliphatic carbocycles. The molecule has 5 aromatic rings. The summed E-state index contributed by atoms with van der Waals surface area (Å²) in [4.78, 5) is 15.1. The Balaban J connectivity index is 1.08. The predicted octanol–water partition coefficient (Wildman–Crippen LogP) is 7.64. The third-order valence-corrected chi connectivity index (χ3v) is 10.3. The second kappa shape index (κ2) is 16.1. The van der Waals surface area contributed by atoms with Crippen molar-refractivity contribution in [1.82, 2.24) is 10.2 Å². The van der Waals surface area contributed by atoms with Gasteiger partial charge in [0.2, 0.25) is 0 Å². The van der Waals surface area contributed by atoms with Gasteiger partial charge in [-0.05, 0) is 75.7 Å². The monoisotopic (exact) mass is 698 g/mol. The number of hydrogen-bond donors (Lipinski definition) is 2. The summed E-state index contributed by atoms with van der Waals surface area (Å²) < 4.78 is 24.7. The van der Waals surface area contributed by atoms with Crippen LogP contribution in [0.1, 0.15) is 63.1 Å². The molecule has 0 aromatic heterocycles. The molecule has 4 atom stereocenters. The van der Waals surface area contributed by atoms with Crippen LogP contribution in [-0.2, 0) is 35.6 Å². The van der Waals surface area contributed by atoms with E-state index in [9.17, 15) is 9.90 Å². The number of benzene rings is 5. The SMILES string of the molecule is COc1cc2c(cc1OC)CN(C[C@H]1O[C@@H](c3ccc(-c4cccc(CNC(=O)c5ccccc5)c4)cc3)O[C@@H](c3ccc(CO)cc3)[C@H]1C)CC2. The van der Waals surface area contributed by atoms with Crippen LogP contribution in [0, 0.1) is 5.92 Å². The molecule has 1 fully saturated rings. The number of aliphatic hydroxyl groups excluding tert-OH is 1. The number of carbonyl (C=O) groups is 1. The zero-order chi connectivity index (χ0) is 36.0. The summed E-state index contributed by atoms with van der Waals surface area (Å²) in [6, 6.07) is 38.1. The summed E-state index contributed by atoms with van der Waals surface area (Å²) in [6.45, 7) is 5.11. The third kappa shape index (κ3) is 7.91. The highest BCUT2D eigenvalue weighted by Gasteiger charge is 2.39. The third-order valence-electron chi connectivity index (χ3n) is 10.3. The predicted molar refractivity (Wildman–Crippen MR) is 201 cm³/mol. The number of nitrogens with zero attached hydrogens (tertiary/aromatic N) is 1. The van der Waals surface area contributed by atoms with Gasteiger partial charge in [0.05, 0.1) is 33.0 Å². The van der Waals surface area contributed by atoms with E-state index in [1.54, 1.807) is 14.2 Å². The molecule has 268 valence electrons. The number of rotatable bonds is 11. The van der Waals surface area contributed by atoms with Gasteiger partial charge in [0, 0.05) is 43.2 Å². The second-order valence-corrected chi connectivity index (χ2v) is 13.7. The van der Waals surface area contributed by atoms with Crippen molar-refractivity contribution >= 4 is 5.91 Å². The molecule has 1 amide bonds. The van der Waals surface area contributed by atoms with E-state index in [-0.39, 0.29) is 30.6 Å². The smallest absolute Gasteiger partial charge is 0.251 e. The van der Waals surface area contributed by atoms with E-state index in [1.807, 2.05) is 54.6 Å². The molecule has 2 heterocycles. The van der Waals surface area contributed by atoms with Gasteiger partial charge in [0.1, 0.15) is 0 Å². The first-order valence-corrected chi connectivity index (χ1v) is 17.9. The van der Waals surface area contributed by atoms with Gasteiger partial charge in [-0.2, -0.15) is 0 Å². The standard InChI is InChI=1S/C44H46N2O6/c1-29-41(27-46-21-20-37-23-39(49-2)40(50-3)24-38(37)26-46)51-44(52-42(29)33-14-12-30(28-47)13-15-33)35-18-16-32(17-19-35)36-11-7-8-31(22-36)25-45-43(48)34-9-5-4-6-10-34/h4-19,22-24,29,41-42,44,47H,20-21,25-28H2,1-3H3,(H,45,48)/t29-,41+,42+,44+/m0/s1. The number of aliphatic hydroxyl groups is 1. The first-order valence-electron chi connectivity index (χ1n) is 17.9. The molecule has 8 heteroatoms. The number of nitrogens with one attached hydrogen (secondary N) is 1. The molecule has 1 saturated heterocycles. The van der Waals surface area contributed by atoms with Crippen LogP contribution >= 0.6 is 0 Å². The van der Waals surface area contributed by atoms with Gasteiger partial charge in [0.25, 0.3) is 5.91 Å². The van der Waals surface area contributed by atoms with E-state index in [0.29, 0.717) is 12.1 Å². The molecule has 52 heavy (non-hydrogen) atoms. The lowest BCUT2D eigenvalue weighted by molar-refractivity contribution is -0.276. The summed E-state index contributed by atoms with van der Waals surface area (Å²) in [5.41, 5.74) is 9.22. The van der Waals surface area contributed by atoms with Crippen molar-refractivity contribution in [2.24, 2.45) is 5.92 Å². The molecule has 2 aliphatic heterocycles. The molecule has 0 unspecified atom stereocenters. The average molecular weight is 699 g/mol. The lowest BCUT2D eigenvalue weighted by atomic mass is 9.89. The zero-order valence-corrected chi connectivity index (χ0v) is 30.0. The van der Waals surface area contributed by atoms with Crippen molar-refractivity contribution in [3.8, 4) is 22.6 Å². The minimum Gasteiger partial charge on any atom is -0.493 e. The molecule has 7 rings (SSSR count). The maximum atomic E-state index is 12.6. The fourth-order valence-corrected chi connectivity index (χ4v) is 7.25. The summed E-state index contributed by atoms with van der Waals surface area (Å²) in [5.74, 6) is 1.49. The lowest BCUT2D eigenvalue weighted by Gasteiger charge is -2.43. The first-order chi connectivity index (χ1) is 25.4. The number of fused-ring (bicyclic) bond motifs is 1.